The summed E-state index contributed by atoms with van der Waals surface area (Å²) in [7, 11) is -4.72. The van der Waals surface area contributed by atoms with E-state index in [0.717, 1.165) is 6.42 Å². The van der Waals surface area contributed by atoms with Gasteiger partial charge >= 0.3 is 13.6 Å². The minimum Gasteiger partial charge on any atom is -0.479 e. The van der Waals surface area contributed by atoms with Gasteiger partial charge in [0.25, 0.3) is 5.85 Å². The maximum Gasteiger partial charge on any atom is 0.365 e. The molecule has 84 valence electrons. The summed E-state index contributed by atoms with van der Waals surface area (Å²) in [5, 5.41) is 8.48. The summed E-state index contributed by atoms with van der Waals surface area (Å²) in [5.41, 5.74) is 0. The second-order valence-electron chi connectivity index (χ2n) is 3.13. The SMILES string of the molecule is CCC(C)COC(C(=O)O)P(=O)(O)O. The molecule has 0 rings (SSSR count). The molecule has 2 unspecified atom stereocenters. The molecule has 0 heterocycles. The Kier molecular flexibility index (Phi) is 5.29. The number of carboxylic acid groups (broad SMARTS) is 1. The third kappa shape index (κ3) is 4.72. The van der Waals surface area contributed by atoms with E-state index < -0.39 is 19.4 Å². The summed E-state index contributed by atoms with van der Waals surface area (Å²) in [6, 6.07) is 0. The Hall–Kier alpha value is -0.420. The molecule has 2 atom stereocenters. The topological polar surface area (TPSA) is 104 Å². The van der Waals surface area contributed by atoms with E-state index in [2.05, 4.69) is 4.74 Å². The second kappa shape index (κ2) is 5.46. The second-order valence-corrected chi connectivity index (χ2v) is 4.77. The molecular weight excluding hydrogens is 211 g/mol. The lowest BCUT2D eigenvalue weighted by molar-refractivity contribution is -0.146. The van der Waals surface area contributed by atoms with E-state index >= 15 is 0 Å². The van der Waals surface area contributed by atoms with Crippen molar-refractivity contribution in [3.8, 4) is 0 Å². The normalized spacial score (nSPS) is 16.3. The molecule has 7 heteroatoms. The van der Waals surface area contributed by atoms with Gasteiger partial charge < -0.3 is 19.6 Å². The van der Waals surface area contributed by atoms with Gasteiger partial charge in [-0.3, -0.25) is 4.57 Å². The monoisotopic (exact) mass is 226 g/mol. The minimum absolute atomic E-state index is 0.0264. The van der Waals surface area contributed by atoms with Gasteiger partial charge in [0.05, 0.1) is 6.61 Å². The summed E-state index contributed by atoms with van der Waals surface area (Å²) < 4.78 is 15.3. The van der Waals surface area contributed by atoms with E-state index in [0.29, 0.717) is 0 Å². The zero-order valence-electron chi connectivity index (χ0n) is 8.08. The van der Waals surface area contributed by atoms with Crippen LogP contribution >= 0.6 is 7.60 Å². The van der Waals surface area contributed by atoms with Crippen molar-refractivity contribution in [3.05, 3.63) is 0 Å². The van der Waals surface area contributed by atoms with Crippen LogP contribution in [0.5, 0.6) is 0 Å². The number of aliphatic carboxylic acids is 1. The fourth-order valence-corrected chi connectivity index (χ4v) is 1.25. The molecule has 0 aliphatic carbocycles. The maximum absolute atomic E-state index is 10.7. The number of ether oxygens (including phenoxy) is 1. The minimum atomic E-state index is -4.72. The van der Waals surface area contributed by atoms with Gasteiger partial charge in [0, 0.05) is 0 Å². The molecule has 0 bridgehead atoms. The molecule has 0 aromatic heterocycles. The Bertz CT molecular complexity index is 234. The predicted octanol–water partition coefficient (Wildman–Crippen LogP) is 0.637. The molecule has 3 N–H and O–H groups in total. The zero-order chi connectivity index (χ0) is 11.4. The van der Waals surface area contributed by atoms with Gasteiger partial charge in [-0.2, -0.15) is 0 Å². The van der Waals surface area contributed by atoms with Crippen molar-refractivity contribution < 1.29 is 29.0 Å². The van der Waals surface area contributed by atoms with Crippen molar-refractivity contribution in [2.24, 2.45) is 5.92 Å². The summed E-state index contributed by atoms with van der Waals surface area (Å²) in [6.07, 6.45) is 0.757. The van der Waals surface area contributed by atoms with E-state index in [1.54, 1.807) is 6.92 Å². The van der Waals surface area contributed by atoms with Crippen LogP contribution in [0.3, 0.4) is 0 Å². The van der Waals surface area contributed by atoms with Crippen LogP contribution in [0.4, 0.5) is 0 Å². The summed E-state index contributed by atoms with van der Waals surface area (Å²) >= 11 is 0. The van der Waals surface area contributed by atoms with Crippen LogP contribution in [-0.2, 0) is 14.1 Å². The number of hydrogen-bond donors (Lipinski definition) is 3. The summed E-state index contributed by atoms with van der Waals surface area (Å²) in [5.74, 6) is -3.61. The highest BCUT2D eigenvalue weighted by Gasteiger charge is 2.36. The van der Waals surface area contributed by atoms with Crippen molar-refractivity contribution >= 4 is 13.6 Å². The van der Waals surface area contributed by atoms with Gasteiger partial charge in [-0.05, 0) is 5.92 Å². The van der Waals surface area contributed by atoms with Gasteiger partial charge in [-0.25, -0.2) is 4.79 Å². The Labute approximate surface area is 82.0 Å². The van der Waals surface area contributed by atoms with Crippen LogP contribution in [0.15, 0.2) is 0 Å². The van der Waals surface area contributed by atoms with Crippen LogP contribution in [0, 0.1) is 5.92 Å². The first kappa shape index (κ1) is 13.6. The van der Waals surface area contributed by atoms with E-state index in [-0.39, 0.29) is 12.5 Å². The third-order valence-electron chi connectivity index (χ3n) is 1.75. The molecule has 0 aliphatic rings. The fraction of sp³-hybridized carbons (Fsp3) is 0.857. The van der Waals surface area contributed by atoms with E-state index in [1.807, 2.05) is 6.92 Å². The highest BCUT2D eigenvalue weighted by Crippen LogP contribution is 2.42. The molecule has 0 amide bonds. The molecule has 0 fully saturated rings. The van der Waals surface area contributed by atoms with Gasteiger partial charge in [0.1, 0.15) is 0 Å². The molecule has 0 aromatic carbocycles. The number of rotatable bonds is 6. The van der Waals surface area contributed by atoms with Crippen molar-refractivity contribution in [3.63, 3.8) is 0 Å². The average Bonchev–Trinajstić information content (AvgIpc) is 2.01. The van der Waals surface area contributed by atoms with Crippen LogP contribution < -0.4 is 0 Å². The molecule has 0 saturated heterocycles. The lowest BCUT2D eigenvalue weighted by Crippen LogP contribution is -2.25. The van der Waals surface area contributed by atoms with Gasteiger partial charge in [0.15, 0.2) is 0 Å². The maximum atomic E-state index is 10.7. The van der Waals surface area contributed by atoms with E-state index in [4.69, 9.17) is 14.9 Å². The van der Waals surface area contributed by atoms with Crippen molar-refractivity contribution in [1.29, 1.82) is 0 Å². The first-order valence-corrected chi connectivity index (χ1v) is 5.86. The zero-order valence-corrected chi connectivity index (χ0v) is 8.98. The molecule has 0 spiro atoms. The number of carbonyl (C=O) groups is 1. The highest BCUT2D eigenvalue weighted by molar-refractivity contribution is 7.53. The Morgan fingerprint density at radius 1 is 1.50 bits per heavy atom. The van der Waals surface area contributed by atoms with Crippen LogP contribution in [0.2, 0.25) is 0 Å². The number of carboxylic acids is 1. The van der Waals surface area contributed by atoms with E-state index in [1.165, 1.54) is 0 Å². The Morgan fingerprint density at radius 2 is 2.00 bits per heavy atom. The third-order valence-corrected chi connectivity index (χ3v) is 2.73. The highest BCUT2D eigenvalue weighted by atomic mass is 31.2. The quantitative estimate of drug-likeness (QED) is 0.574. The lowest BCUT2D eigenvalue weighted by atomic mass is 10.1. The first-order chi connectivity index (χ1) is 6.29. The van der Waals surface area contributed by atoms with Gasteiger partial charge in [0.2, 0.25) is 0 Å². The average molecular weight is 226 g/mol. The van der Waals surface area contributed by atoms with Gasteiger partial charge in [-0.1, -0.05) is 20.3 Å². The van der Waals surface area contributed by atoms with Crippen LogP contribution in [0.25, 0.3) is 0 Å². The molecule has 0 aromatic rings. The predicted molar refractivity (Wildman–Crippen MR) is 48.9 cm³/mol. The summed E-state index contributed by atoms with van der Waals surface area (Å²) in [6.45, 7) is 3.71. The first-order valence-electron chi connectivity index (χ1n) is 4.18. The van der Waals surface area contributed by atoms with Crippen LogP contribution in [-0.4, -0.2) is 33.3 Å². The van der Waals surface area contributed by atoms with Crippen LogP contribution in [0.1, 0.15) is 20.3 Å². The molecule has 0 aliphatic heterocycles. The fourth-order valence-electron chi connectivity index (χ4n) is 0.686. The largest absolute Gasteiger partial charge is 0.479 e. The molecule has 14 heavy (non-hydrogen) atoms. The molecular formula is C7H15O6P. The standard InChI is InChI=1S/C7H15O6P/c1-3-5(2)4-13-7(6(8)9)14(10,11)12/h5,7H,3-4H2,1-2H3,(H,8,9)(H2,10,11,12). The van der Waals surface area contributed by atoms with Crippen molar-refractivity contribution in [1.82, 2.24) is 0 Å². The molecule has 6 nitrogen and oxygen atoms in total. The van der Waals surface area contributed by atoms with Gasteiger partial charge in [-0.15, -0.1) is 0 Å². The summed E-state index contributed by atoms with van der Waals surface area (Å²) in [4.78, 5) is 27.7. The Morgan fingerprint density at radius 3 is 2.29 bits per heavy atom. The van der Waals surface area contributed by atoms with Crippen molar-refractivity contribution in [2.45, 2.75) is 26.1 Å². The number of hydrogen-bond acceptors (Lipinski definition) is 3. The molecule has 0 radical (unpaired) electrons. The molecule has 0 saturated carbocycles. The smallest absolute Gasteiger partial charge is 0.365 e. The van der Waals surface area contributed by atoms with E-state index in [9.17, 15) is 9.36 Å². The Balaban J connectivity index is 4.27. The lowest BCUT2D eigenvalue weighted by Gasteiger charge is -2.16. The van der Waals surface area contributed by atoms with Crippen molar-refractivity contribution in [2.75, 3.05) is 6.61 Å².